The van der Waals surface area contributed by atoms with Gasteiger partial charge in [-0.3, -0.25) is 4.79 Å². The monoisotopic (exact) mass is 525 g/mol. The number of Topliss-reactive ketones (excluding diaryl/α,β-unsaturated/α-hetero) is 1. The zero-order valence-electron chi connectivity index (χ0n) is 19.5. The number of methoxy groups -OCH3 is 2. The molecule has 1 N–H and O–H groups in total. The minimum Gasteiger partial charge on any atom is -0.497 e. The second-order valence-corrected chi connectivity index (χ2v) is 9.39. The molecule has 0 saturated carbocycles. The van der Waals surface area contributed by atoms with Crippen LogP contribution in [0.2, 0.25) is 0 Å². The van der Waals surface area contributed by atoms with Gasteiger partial charge in [0.05, 0.1) is 19.3 Å². The Hall–Kier alpha value is -2.90. The highest BCUT2D eigenvalue weighted by molar-refractivity contribution is 9.10. The molecular weight excluding hydrogens is 498 g/mol. The molecule has 0 aromatic heterocycles. The predicted octanol–water partition coefficient (Wildman–Crippen LogP) is 5.01. The molecule has 2 aromatic carbocycles. The molecule has 0 unspecified atom stereocenters. The Morgan fingerprint density at radius 1 is 1.00 bits per heavy atom. The van der Waals surface area contributed by atoms with Crippen molar-refractivity contribution < 1.29 is 23.8 Å². The van der Waals surface area contributed by atoms with Crippen LogP contribution in [0.1, 0.15) is 42.7 Å². The van der Waals surface area contributed by atoms with Gasteiger partial charge in [-0.05, 0) is 54.7 Å². The maximum absolute atomic E-state index is 13.6. The molecule has 1 heterocycles. The summed E-state index contributed by atoms with van der Waals surface area (Å²) in [7, 11) is 3.19. The third-order valence-corrected chi connectivity index (χ3v) is 6.89. The number of rotatable bonds is 7. The molecule has 0 fully saturated rings. The number of carbonyl (C=O) groups is 2. The van der Waals surface area contributed by atoms with Crippen molar-refractivity contribution >= 4 is 27.7 Å². The van der Waals surface area contributed by atoms with Crippen LogP contribution in [0.25, 0.3) is 0 Å². The fourth-order valence-corrected chi connectivity index (χ4v) is 4.97. The van der Waals surface area contributed by atoms with Crippen LogP contribution in [0.3, 0.4) is 0 Å². The van der Waals surface area contributed by atoms with Gasteiger partial charge in [0.15, 0.2) is 5.78 Å². The van der Waals surface area contributed by atoms with Crippen LogP contribution in [0.5, 0.6) is 5.75 Å². The number of allylic oxidation sites excluding steroid dienone is 3. The van der Waals surface area contributed by atoms with Crippen molar-refractivity contribution in [2.45, 2.75) is 31.6 Å². The Labute approximate surface area is 208 Å². The summed E-state index contributed by atoms with van der Waals surface area (Å²) in [5.41, 5.74) is 4.67. The van der Waals surface area contributed by atoms with Gasteiger partial charge in [-0.25, -0.2) is 4.79 Å². The van der Waals surface area contributed by atoms with E-state index in [4.69, 9.17) is 14.2 Å². The third-order valence-electron chi connectivity index (χ3n) is 6.36. The molecule has 0 saturated heterocycles. The number of hydrogen-bond donors (Lipinski definition) is 1. The molecule has 0 spiro atoms. The minimum absolute atomic E-state index is 0.0391. The first kappa shape index (κ1) is 24.2. The maximum Gasteiger partial charge on any atom is 0.336 e. The van der Waals surface area contributed by atoms with Crippen LogP contribution in [0.15, 0.2) is 75.5 Å². The molecule has 2 aliphatic rings. The molecule has 4 rings (SSSR count). The van der Waals surface area contributed by atoms with Crippen molar-refractivity contribution in [1.82, 2.24) is 5.32 Å². The minimum atomic E-state index is -0.483. The summed E-state index contributed by atoms with van der Waals surface area (Å²) in [5, 5.41) is 3.38. The SMILES string of the molecule is COCCOC(=O)C1=C(C)NC2=C(C(=O)C[C@H](c3ccc(OC)cc3)C2)[C@@H]1c1ccc(Br)cc1. The molecule has 7 heteroatoms. The number of halogens is 1. The lowest BCUT2D eigenvalue weighted by atomic mass is 9.72. The van der Waals surface area contributed by atoms with Gasteiger partial charge in [0.1, 0.15) is 12.4 Å². The van der Waals surface area contributed by atoms with Crippen molar-refractivity contribution in [3.8, 4) is 5.75 Å². The van der Waals surface area contributed by atoms with E-state index in [1.807, 2.05) is 55.5 Å². The highest BCUT2D eigenvalue weighted by Crippen LogP contribution is 2.46. The van der Waals surface area contributed by atoms with E-state index in [-0.39, 0.29) is 18.3 Å². The molecule has 0 amide bonds. The van der Waals surface area contributed by atoms with Crippen LogP contribution in [-0.4, -0.2) is 39.2 Å². The van der Waals surface area contributed by atoms with E-state index in [0.29, 0.717) is 36.3 Å². The summed E-state index contributed by atoms with van der Waals surface area (Å²) < 4.78 is 16.7. The summed E-state index contributed by atoms with van der Waals surface area (Å²) in [6, 6.07) is 15.6. The predicted molar refractivity (Wildman–Crippen MR) is 133 cm³/mol. The van der Waals surface area contributed by atoms with E-state index in [0.717, 1.165) is 27.0 Å². The molecule has 6 nitrogen and oxygen atoms in total. The molecule has 2 atom stereocenters. The summed E-state index contributed by atoms with van der Waals surface area (Å²) >= 11 is 3.47. The second kappa shape index (κ2) is 10.6. The largest absolute Gasteiger partial charge is 0.497 e. The standard InChI is InChI=1S/C27H28BrNO5/c1-16-24(27(31)34-13-12-32-2)25(18-4-8-20(28)9-5-18)26-22(29-16)14-19(15-23(26)30)17-6-10-21(33-3)11-7-17/h4-11,19,25,29H,12-15H2,1-3H3/t19-,25-/m1/s1. The number of carbonyl (C=O) groups excluding carboxylic acids is 2. The van der Waals surface area contributed by atoms with Crippen LogP contribution in [0, 0.1) is 0 Å². The number of hydrogen-bond acceptors (Lipinski definition) is 6. The number of ether oxygens (including phenoxy) is 3. The van der Waals surface area contributed by atoms with E-state index >= 15 is 0 Å². The molecule has 34 heavy (non-hydrogen) atoms. The highest BCUT2D eigenvalue weighted by atomic mass is 79.9. The number of benzene rings is 2. The van der Waals surface area contributed by atoms with Crippen molar-refractivity contribution in [3.63, 3.8) is 0 Å². The van der Waals surface area contributed by atoms with Gasteiger partial charge in [-0.1, -0.05) is 40.2 Å². The van der Waals surface area contributed by atoms with E-state index in [1.165, 1.54) is 0 Å². The van der Waals surface area contributed by atoms with Crippen LogP contribution >= 0.6 is 15.9 Å². The van der Waals surface area contributed by atoms with Crippen LogP contribution in [0.4, 0.5) is 0 Å². The fraction of sp³-hybridized carbons (Fsp3) is 0.333. The molecule has 0 bridgehead atoms. The Bertz CT molecular complexity index is 1130. The lowest BCUT2D eigenvalue weighted by molar-refractivity contribution is -0.140. The van der Waals surface area contributed by atoms with Gasteiger partial charge in [-0.2, -0.15) is 0 Å². The van der Waals surface area contributed by atoms with Crippen molar-refractivity contribution in [1.29, 1.82) is 0 Å². The van der Waals surface area contributed by atoms with Crippen LogP contribution in [-0.2, 0) is 19.1 Å². The molecule has 1 aliphatic heterocycles. The molecule has 2 aromatic rings. The Balaban J connectivity index is 1.72. The van der Waals surface area contributed by atoms with Crippen molar-refractivity contribution in [2.24, 2.45) is 0 Å². The number of dihydropyridines is 1. The van der Waals surface area contributed by atoms with Gasteiger partial charge < -0.3 is 19.5 Å². The van der Waals surface area contributed by atoms with E-state index < -0.39 is 11.9 Å². The smallest absolute Gasteiger partial charge is 0.336 e. The highest BCUT2D eigenvalue weighted by Gasteiger charge is 2.41. The molecule has 178 valence electrons. The Kier molecular flexibility index (Phi) is 7.54. The quantitative estimate of drug-likeness (QED) is 0.404. The summed E-state index contributed by atoms with van der Waals surface area (Å²) in [4.78, 5) is 26.7. The Morgan fingerprint density at radius 3 is 2.32 bits per heavy atom. The zero-order valence-corrected chi connectivity index (χ0v) is 21.1. The topological polar surface area (TPSA) is 73.9 Å². The van der Waals surface area contributed by atoms with E-state index in [2.05, 4.69) is 21.2 Å². The maximum atomic E-state index is 13.6. The van der Waals surface area contributed by atoms with Gasteiger partial charge in [-0.15, -0.1) is 0 Å². The first-order valence-corrected chi connectivity index (χ1v) is 12.0. The van der Waals surface area contributed by atoms with Gasteiger partial charge >= 0.3 is 5.97 Å². The van der Waals surface area contributed by atoms with Crippen LogP contribution < -0.4 is 10.1 Å². The summed E-state index contributed by atoms with van der Waals surface area (Å²) in [5.74, 6) is -0.0435. The second-order valence-electron chi connectivity index (χ2n) is 8.47. The third kappa shape index (κ3) is 4.95. The number of esters is 1. The first-order valence-electron chi connectivity index (χ1n) is 11.2. The molecule has 0 radical (unpaired) electrons. The lowest BCUT2D eigenvalue weighted by Gasteiger charge is -2.36. The van der Waals surface area contributed by atoms with Gasteiger partial charge in [0.2, 0.25) is 0 Å². The van der Waals surface area contributed by atoms with E-state index in [1.54, 1.807) is 14.2 Å². The average Bonchev–Trinajstić information content (AvgIpc) is 2.83. The lowest BCUT2D eigenvalue weighted by Crippen LogP contribution is -2.36. The Morgan fingerprint density at radius 2 is 1.68 bits per heavy atom. The number of nitrogens with one attached hydrogen (secondary N) is 1. The summed E-state index contributed by atoms with van der Waals surface area (Å²) in [6.07, 6.45) is 1.06. The molecular formula is C27H28BrNO5. The van der Waals surface area contributed by atoms with Gasteiger partial charge in [0.25, 0.3) is 0 Å². The first-order chi connectivity index (χ1) is 16.4. The number of ketones is 1. The van der Waals surface area contributed by atoms with Crippen molar-refractivity contribution in [3.05, 3.63) is 86.7 Å². The van der Waals surface area contributed by atoms with E-state index in [9.17, 15) is 9.59 Å². The van der Waals surface area contributed by atoms with Gasteiger partial charge in [0, 0.05) is 40.9 Å². The zero-order chi connectivity index (χ0) is 24.2. The average molecular weight is 526 g/mol. The molecule has 1 aliphatic carbocycles. The van der Waals surface area contributed by atoms with Crippen molar-refractivity contribution in [2.75, 3.05) is 27.4 Å². The normalized spacial score (nSPS) is 20.1. The summed E-state index contributed by atoms with van der Waals surface area (Å²) in [6.45, 7) is 2.33. The fourth-order valence-electron chi connectivity index (χ4n) is 4.71.